The predicted molar refractivity (Wildman–Crippen MR) is 85.8 cm³/mol. The van der Waals surface area contributed by atoms with Crippen LogP contribution in [0.4, 0.5) is 0 Å². The Labute approximate surface area is 134 Å². The Morgan fingerprint density at radius 3 is 2.43 bits per heavy atom. The highest BCUT2D eigenvalue weighted by atomic mass is 35.5. The molecule has 3 rings (SSSR count). The molecular weight excluding hydrogens is 304 g/mol. The molecule has 2 aromatic heterocycles. The molecular formula is C15H19ClN4S. The van der Waals surface area contributed by atoms with Crippen LogP contribution in [0.2, 0.25) is 4.34 Å². The van der Waals surface area contributed by atoms with E-state index in [2.05, 4.69) is 26.8 Å². The number of hydrogen-bond donors (Lipinski definition) is 0. The second-order valence-electron chi connectivity index (χ2n) is 5.94. The molecule has 3 heterocycles. The van der Waals surface area contributed by atoms with E-state index in [0.29, 0.717) is 0 Å². The lowest BCUT2D eigenvalue weighted by molar-refractivity contribution is 0.161. The Hall–Kier alpha value is -1.04. The van der Waals surface area contributed by atoms with Crippen LogP contribution in [-0.2, 0) is 12.0 Å². The van der Waals surface area contributed by atoms with E-state index in [1.165, 1.54) is 10.6 Å². The molecule has 0 N–H and O–H groups in total. The number of rotatable bonds is 3. The Morgan fingerprint density at radius 1 is 1.19 bits per heavy atom. The van der Waals surface area contributed by atoms with E-state index in [1.54, 1.807) is 17.5 Å². The first-order chi connectivity index (χ1) is 10.0. The van der Waals surface area contributed by atoms with E-state index < -0.39 is 0 Å². The van der Waals surface area contributed by atoms with Crippen LogP contribution in [0.3, 0.4) is 0 Å². The van der Waals surface area contributed by atoms with Gasteiger partial charge in [-0.1, -0.05) is 18.5 Å². The zero-order chi connectivity index (χ0) is 14.9. The summed E-state index contributed by atoms with van der Waals surface area (Å²) in [6.07, 6.45) is 7.85. The topological polar surface area (TPSA) is 41.9 Å². The molecule has 1 fully saturated rings. The number of likely N-dealkylation sites (tertiary alicyclic amines) is 1. The van der Waals surface area contributed by atoms with Gasteiger partial charge < -0.3 is 0 Å². The van der Waals surface area contributed by atoms with E-state index in [1.807, 2.05) is 19.3 Å². The maximum atomic E-state index is 6.02. The number of piperidine rings is 1. The SMILES string of the molecule is Cc1ncc(CN2CCC(C)(c3ncc(Cl)s3)CC2)cn1. The molecule has 1 aliphatic heterocycles. The number of aryl methyl sites for hydroxylation is 1. The van der Waals surface area contributed by atoms with Crippen molar-refractivity contribution in [3.8, 4) is 0 Å². The van der Waals surface area contributed by atoms with Crippen molar-refractivity contribution in [2.45, 2.75) is 38.6 Å². The number of aromatic nitrogens is 3. The van der Waals surface area contributed by atoms with Crippen molar-refractivity contribution >= 4 is 22.9 Å². The summed E-state index contributed by atoms with van der Waals surface area (Å²) in [6, 6.07) is 0. The third-order valence-corrected chi connectivity index (χ3v) is 5.62. The van der Waals surface area contributed by atoms with Gasteiger partial charge in [0.05, 0.1) is 11.2 Å². The molecule has 0 radical (unpaired) electrons. The van der Waals surface area contributed by atoms with Crippen molar-refractivity contribution < 1.29 is 0 Å². The number of halogens is 1. The van der Waals surface area contributed by atoms with Gasteiger partial charge in [0.25, 0.3) is 0 Å². The summed E-state index contributed by atoms with van der Waals surface area (Å²) < 4.78 is 0.783. The average molecular weight is 323 g/mol. The van der Waals surface area contributed by atoms with Crippen molar-refractivity contribution in [3.05, 3.63) is 39.3 Å². The maximum Gasteiger partial charge on any atom is 0.125 e. The molecule has 1 saturated heterocycles. The standard InChI is InChI=1S/C15H19ClN4S/c1-11-17-7-12(8-18-11)10-20-5-3-15(2,4-6-20)14-19-9-13(16)21-14/h7-9H,3-6,10H2,1-2H3. The highest BCUT2D eigenvalue weighted by Crippen LogP contribution is 2.38. The molecule has 6 heteroatoms. The third-order valence-electron chi connectivity index (χ3n) is 4.19. The quantitative estimate of drug-likeness (QED) is 0.868. The fraction of sp³-hybridized carbons (Fsp3) is 0.533. The summed E-state index contributed by atoms with van der Waals surface area (Å²) in [5.74, 6) is 0.825. The molecule has 0 spiro atoms. The molecule has 0 bridgehead atoms. The van der Waals surface area contributed by atoms with Gasteiger partial charge in [0.1, 0.15) is 10.2 Å². The molecule has 0 saturated carbocycles. The fourth-order valence-corrected chi connectivity index (χ4v) is 3.83. The van der Waals surface area contributed by atoms with E-state index >= 15 is 0 Å². The third kappa shape index (κ3) is 3.42. The molecule has 112 valence electrons. The molecule has 0 amide bonds. The number of hydrogen-bond acceptors (Lipinski definition) is 5. The van der Waals surface area contributed by atoms with Gasteiger partial charge in [0.2, 0.25) is 0 Å². The maximum absolute atomic E-state index is 6.02. The molecule has 21 heavy (non-hydrogen) atoms. The monoisotopic (exact) mass is 322 g/mol. The van der Waals surface area contributed by atoms with Gasteiger partial charge in [-0.2, -0.15) is 0 Å². The summed E-state index contributed by atoms with van der Waals surface area (Å²) in [7, 11) is 0. The van der Waals surface area contributed by atoms with Gasteiger partial charge in [0.15, 0.2) is 0 Å². The minimum absolute atomic E-state index is 0.165. The molecule has 0 atom stereocenters. The molecule has 1 aliphatic rings. The second kappa shape index (κ2) is 5.99. The van der Waals surface area contributed by atoms with E-state index in [4.69, 9.17) is 11.6 Å². The summed E-state index contributed by atoms with van der Waals surface area (Å²) in [6.45, 7) is 7.28. The molecule has 0 unspecified atom stereocenters. The van der Waals surface area contributed by atoms with Crippen LogP contribution in [0.25, 0.3) is 0 Å². The lowest BCUT2D eigenvalue weighted by atomic mass is 9.81. The minimum Gasteiger partial charge on any atom is -0.299 e. The van der Waals surface area contributed by atoms with Gasteiger partial charge in [0, 0.05) is 29.9 Å². The van der Waals surface area contributed by atoms with Crippen molar-refractivity contribution in [1.82, 2.24) is 19.9 Å². The van der Waals surface area contributed by atoms with Crippen molar-refractivity contribution in [2.75, 3.05) is 13.1 Å². The summed E-state index contributed by atoms with van der Waals surface area (Å²) >= 11 is 7.64. The zero-order valence-corrected chi connectivity index (χ0v) is 13.9. The highest BCUT2D eigenvalue weighted by molar-refractivity contribution is 7.15. The smallest absolute Gasteiger partial charge is 0.125 e. The van der Waals surface area contributed by atoms with Crippen molar-refractivity contribution in [3.63, 3.8) is 0 Å². The van der Waals surface area contributed by atoms with Gasteiger partial charge in [-0.25, -0.2) is 15.0 Å². The lowest BCUT2D eigenvalue weighted by Crippen LogP contribution is -2.40. The number of nitrogens with zero attached hydrogens (tertiary/aromatic N) is 4. The Balaban J connectivity index is 1.61. The largest absolute Gasteiger partial charge is 0.299 e. The van der Waals surface area contributed by atoms with Gasteiger partial charge in [-0.05, 0) is 32.9 Å². The van der Waals surface area contributed by atoms with Crippen LogP contribution in [0.1, 0.15) is 36.2 Å². The first kappa shape index (κ1) is 14.9. The van der Waals surface area contributed by atoms with Crippen LogP contribution >= 0.6 is 22.9 Å². The van der Waals surface area contributed by atoms with Crippen LogP contribution in [0.5, 0.6) is 0 Å². The number of thiazole rings is 1. The predicted octanol–water partition coefficient (Wildman–Crippen LogP) is 3.45. The fourth-order valence-electron chi connectivity index (χ4n) is 2.71. The highest BCUT2D eigenvalue weighted by Gasteiger charge is 2.34. The summed E-state index contributed by atoms with van der Waals surface area (Å²) in [5, 5.41) is 1.17. The summed E-state index contributed by atoms with van der Waals surface area (Å²) in [5.41, 5.74) is 1.35. The van der Waals surface area contributed by atoms with Gasteiger partial charge in [-0.3, -0.25) is 4.90 Å². The van der Waals surface area contributed by atoms with Crippen LogP contribution in [0, 0.1) is 6.92 Å². The minimum atomic E-state index is 0.165. The summed E-state index contributed by atoms with van der Waals surface area (Å²) in [4.78, 5) is 15.5. The second-order valence-corrected chi connectivity index (χ2v) is 7.61. The van der Waals surface area contributed by atoms with E-state index in [0.717, 1.165) is 42.6 Å². The molecule has 2 aromatic rings. The van der Waals surface area contributed by atoms with Crippen LogP contribution in [-0.4, -0.2) is 32.9 Å². The Bertz CT molecular complexity index is 602. The normalized spacial score (nSPS) is 18.8. The van der Waals surface area contributed by atoms with Crippen LogP contribution < -0.4 is 0 Å². The first-order valence-corrected chi connectivity index (χ1v) is 8.36. The van der Waals surface area contributed by atoms with Crippen molar-refractivity contribution in [1.29, 1.82) is 0 Å². The van der Waals surface area contributed by atoms with Crippen LogP contribution in [0.15, 0.2) is 18.6 Å². The van der Waals surface area contributed by atoms with Gasteiger partial charge in [-0.15, -0.1) is 11.3 Å². The van der Waals surface area contributed by atoms with Gasteiger partial charge >= 0.3 is 0 Å². The van der Waals surface area contributed by atoms with E-state index in [9.17, 15) is 0 Å². The lowest BCUT2D eigenvalue weighted by Gasteiger charge is -2.38. The first-order valence-electron chi connectivity index (χ1n) is 7.17. The molecule has 0 aliphatic carbocycles. The van der Waals surface area contributed by atoms with E-state index in [-0.39, 0.29) is 5.41 Å². The van der Waals surface area contributed by atoms with Crippen molar-refractivity contribution in [2.24, 2.45) is 0 Å². The molecule has 4 nitrogen and oxygen atoms in total. The average Bonchev–Trinajstić information content (AvgIpc) is 2.91. The Kier molecular flexibility index (Phi) is 4.24. The molecule has 0 aromatic carbocycles. The zero-order valence-electron chi connectivity index (χ0n) is 12.3. The Morgan fingerprint density at radius 2 is 1.86 bits per heavy atom.